The zero-order valence-corrected chi connectivity index (χ0v) is 19.0. The normalized spacial score (nSPS) is 14.1. The zero-order valence-electron chi connectivity index (χ0n) is 19.0. The molecule has 0 aliphatic carbocycles. The van der Waals surface area contributed by atoms with Crippen molar-refractivity contribution in [3.05, 3.63) is 65.0 Å². The number of carbonyl (C=O) groups excluding carboxylic acids is 3. The molecular formula is C24H26N2O7. The van der Waals surface area contributed by atoms with Crippen molar-refractivity contribution in [1.82, 2.24) is 10.3 Å². The van der Waals surface area contributed by atoms with Crippen LogP contribution in [0.2, 0.25) is 0 Å². The summed E-state index contributed by atoms with van der Waals surface area (Å²) in [6.07, 6.45) is 1.53. The molecule has 0 spiro atoms. The van der Waals surface area contributed by atoms with Gasteiger partial charge in [0, 0.05) is 17.0 Å². The van der Waals surface area contributed by atoms with Crippen LogP contribution in [0.25, 0.3) is 11.3 Å². The molecule has 1 N–H and O–H groups in total. The summed E-state index contributed by atoms with van der Waals surface area (Å²) in [5.74, 6) is -2.88. The first kappa shape index (κ1) is 23.8. The Morgan fingerprint density at radius 2 is 1.52 bits per heavy atom. The van der Waals surface area contributed by atoms with E-state index >= 15 is 0 Å². The Bertz CT molecular complexity index is 1060. The predicted molar refractivity (Wildman–Crippen MR) is 117 cm³/mol. The third-order valence-electron chi connectivity index (χ3n) is 4.94. The smallest absolute Gasteiger partial charge is 0.337 e. The molecule has 0 atom stereocenters. The highest BCUT2D eigenvalue weighted by Crippen LogP contribution is 2.33. The summed E-state index contributed by atoms with van der Waals surface area (Å²) >= 11 is 0. The van der Waals surface area contributed by atoms with Crippen LogP contribution >= 0.6 is 0 Å². The molecule has 1 aliphatic rings. The number of esters is 3. The Balaban J connectivity index is 1.85. The largest absolute Gasteiger partial charge is 0.463 e. The van der Waals surface area contributed by atoms with Crippen molar-refractivity contribution >= 4 is 17.9 Å². The van der Waals surface area contributed by atoms with Gasteiger partial charge in [0.15, 0.2) is 12.4 Å². The number of dihydropyridines is 1. The minimum atomic E-state index is -1.31. The van der Waals surface area contributed by atoms with Crippen molar-refractivity contribution in [3.63, 3.8) is 0 Å². The van der Waals surface area contributed by atoms with E-state index in [4.69, 9.17) is 18.6 Å². The number of nitrogens with zero attached hydrogens (tertiary/aromatic N) is 1. The van der Waals surface area contributed by atoms with E-state index in [2.05, 4.69) is 10.3 Å². The standard InChI is InChI=1S/C24H26N2O7/c1-5-30-22(27)19-14(3)26-15(4)20(23(28)31-6-2)21(19)24(29)32-13-18-25-12-17(33-18)16-10-8-7-9-11-16/h7-12,21,26H,5-6,13H2,1-4H3. The minimum Gasteiger partial charge on any atom is -0.463 e. The van der Waals surface area contributed by atoms with Crippen LogP contribution < -0.4 is 5.32 Å². The van der Waals surface area contributed by atoms with Gasteiger partial charge in [-0.3, -0.25) is 4.79 Å². The molecule has 2 heterocycles. The Labute approximate surface area is 191 Å². The van der Waals surface area contributed by atoms with Crippen LogP contribution in [-0.2, 0) is 35.2 Å². The molecule has 0 saturated carbocycles. The Hall–Kier alpha value is -3.88. The second kappa shape index (κ2) is 10.6. The summed E-state index contributed by atoms with van der Waals surface area (Å²) < 4.78 is 21.3. The fourth-order valence-corrected chi connectivity index (χ4v) is 3.52. The third kappa shape index (κ3) is 5.31. The van der Waals surface area contributed by atoms with Gasteiger partial charge in [0.1, 0.15) is 5.92 Å². The molecule has 0 saturated heterocycles. The van der Waals surface area contributed by atoms with Crippen LogP contribution in [0.3, 0.4) is 0 Å². The second-order valence-corrected chi connectivity index (χ2v) is 7.17. The molecule has 0 bridgehead atoms. The lowest BCUT2D eigenvalue weighted by Gasteiger charge is -2.28. The highest BCUT2D eigenvalue weighted by atomic mass is 16.6. The molecule has 1 aromatic carbocycles. The van der Waals surface area contributed by atoms with Crippen LogP contribution in [0.1, 0.15) is 33.6 Å². The van der Waals surface area contributed by atoms with Gasteiger partial charge in [-0.15, -0.1) is 0 Å². The summed E-state index contributed by atoms with van der Waals surface area (Å²) in [6.45, 7) is 6.48. The van der Waals surface area contributed by atoms with Gasteiger partial charge in [0.05, 0.1) is 30.6 Å². The van der Waals surface area contributed by atoms with E-state index in [9.17, 15) is 14.4 Å². The van der Waals surface area contributed by atoms with Crippen LogP contribution in [0.4, 0.5) is 0 Å². The van der Waals surface area contributed by atoms with Crippen LogP contribution in [0.5, 0.6) is 0 Å². The number of nitrogens with one attached hydrogen (secondary N) is 1. The quantitative estimate of drug-likeness (QED) is 0.474. The lowest BCUT2D eigenvalue weighted by atomic mass is 9.85. The fourth-order valence-electron chi connectivity index (χ4n) is 3.52. The second-order valence-electron chi connectivity index (χ2n) is 7.17. The van der Waals surface area contributed by atoms with Gasteiger partial charge >= 0.3 is 17.9 Å². The molecule has 0 fully saturated rings. The average molecular weight is 454 g/mol. The topological polar surface area (TPSA) is 117 Å². The maximum Gasteiger partial charge on any atom is 0.337 e. The molecule has 9 heteroatoms. The number of allylic oxidation sites excluding steroid dienone is 2. The number of carbonyl (C=O) groups is 3. The summed E-state index contributed by atoms with van der Waals surface area (Å²) in [6, 6.07) is 9.35. The number of oxazole rings is 1. The molecule has 3 rings (SSSR count). The highest BCUT2D eigenvalue weighted by molar-refractivity contribution is 6.05. The molecule has 1 aliphatic heterocycles. The summed E-state index contributed by atoms with van der Waals surface area (Å²) in [5, 5.41) is 2.96. The van der Waals surface area contributed by atoms with Crippen LogP contribution in [-0.4, -0.2) is 36.1 Å². The van der Waals surface area contributed by atoms with Gasteiger partial charge in [0.25, 0.3) is 0 Å². The number of hydrogen-bond acceptors (Lipinski definition) is 9. The maximum atomic E-state index is 13.2. The van der Waals surface area contributed by atoms with Gasteiger partial charge in [-0.05, 0) is 27.7 Å². The van der Waals surface area contributed by atoms with Crippen molar-refractivity contribution in [2.24, 2.45) is 5.92 Å². The van der Waals surface area contributed by atoms with E-state index in [0.29, 0.717) is 17.2 Å². The SMILES string of the molecule is CCOC(=O)C1=C(C)NC(C)=C(C(=O)OCC)C1C(=O)OCc1ncc(-c2ccccc2)o1. The molecule has 2 aromatic rings. The lowest BCUT2D eigenvalue weighted by Crippen LogP contribution is -2.38. The summed E-state index contributed by atoms with van der Waals surface area (Å²) in [4.78, 5) is 42.6. The summed E-state index contributed by atoms with van der Waals surface area (Å²) in [7, 11) is 0. The number of rotatable bonds is 8. The van der Waals surface area contributed by atoms with Crippen molar-refractivity contribution in [3.8, 4) is 11.3 Å². The molecule has 1 aromatic heterocycles. The van der Waals surface area contributed by atoms with E-state index in [-0.39, 0.29) is 36.9 Å². The fraction of sp³-hybridized carbons (Fsp3) is 0.333. The van der Waals surface area contributed by atoms with E-state index in [1.807, 2.05) is 30.3 Å². The van der Waals surface area contributed by atoms with E-state index in [1.165, 1.54) is 6.20 Å². The monoisotopic (exact) mass is 454 g/mol. The van der Waals surface area contributed by atoms with E-state index in [0.717, 1.165) is 5.56 Å². The Morgan fingerprint density at radius 1 is 0.939 bits per heavy atom. The van der Waals surface area contributed by atoms with Crippen LogP contribution in [0.15, 0.2) is 63.5 Å². The molecule has 9 nitrogen and oxygen atoms in total. The number of ether oxygens (including phenoxy) is 3. The van der Waals surface area contributed by atoms with Gasteiger partial charge < -0.3 is 23.9 Å². The Morgan fingerprint density at radius 3 is 2.06 bits per heavy atom. The van der Waals surface area contributed by atoms with Crippen LogP contribution in [0, 0.1) is 5.92 Å². The first-order valence-corrected chi connectivity index (χ1v) is 10.6. The third-order valence-corrected chi connectivity index (χ3v) is 4.94. The first-order chi connectivity index (χ1) is 15.9. The summed E-state index contributed by atoms with van der Waals surface area (Å²) in [5.41, 5.74) is 1.60. The minimum absolute atomic E-state index is 0.00659. The van der Waals surface area contributed by atoms with E-state index < -0.39 is 23.8 Å². The van der Waals surface area contributed by atoms with Crippen molar-refractivity contribution in [2.75, 3.05) is 13.2 Å². The van der Waals surface area contributed by atoms with Crippen molar-refractivity contribution in [1.29, 1.82) is 0 Å². The molecule has 0 radical (unpaired) electrons. The molecular weight excluding hydrogens is 428 g/mol. The molecule has 0 unspecified atom stereocenters. The van der Waals surface area contributed by atoms with E-state index in [1.54, 1.807) is 27.7 Å². The average Bonchev–Trinajstić information content (AvgIpc) is 3.27. The zero-order chi connectivity index (χ0) is 24.0. The van der Waals surface area contributed by atoms with Gasteiger partial charge in [-0.25, -0.2) is 14.6 Å². The number of aromatic nitrogens is 1. The first-order valence-electron chi connectivity index (χ1n) is 10.6. The molecule has 0 amide bonds. The number of hydrogen-bond donors (Lipinski definition) is 1. The van der Waals surface area contributed by atoms with Gasteiger partial charge in [0.2, 0.25) is 5.89 Å². The predicted octanol–water partition coefficient (Wildman–Crippen LogP) is 3.28. The number of benzene rings is 1. The van der Waals surface area contributed by atoms with Crippen molar-refractivity contribution < 1.29 is 33.0 Å². The van der Waals surface area contributed by atoms with Crippen molar-refractivity contribution in [2.45, 2.75) is 34.3 Å². The highest BCUT2D eigenvalue weighted by Gasteiger charge is 2.42. The van der Waals surface area contributed by atoms with Gasteiger partial charge in [-0.2, -0.15) is 0 Å². The maximum absolute atomic E-state index is 13.2. The lowest BCUT2D eigenvalue weighted by molar-refractivity contribution is -0.153. The molecule has 33 heavy (non-hydrogen) atoms. The Kier molecular flexibility index (Phi) is 7.66. The molecule has 174 valence electrons. The van der Waals surface area contributed by atoms with Gasteiger partial charge in [-0.1, -0.05) is 30.3 Å².